The maximum absolute atomic E-state index is 11.9. The molecule has 1 aliphatic rings. The fourth-order valence-corrected chi connectivity index (χ4v) is 2.12. The molecule has 1 aliphatic carbocycles. The average Bonchev–Trinajstić information content (AvgIpc) is 2.32. The first-order valence-corrected chi connectivity index (χ1v) is 5.90. The summed E-state index contributed by atoms with van der Waals surface area (Å²) in [6.07, 6.45) is 6.58. The van der Waals surface area contributed by atoms with Crippen molar-refractivity contribution in [2.24, 2.45) is 5.73 Å². The zero-order valence-corrected chi connectivity index (χ0v) is 9.61. The molecule has 0 saturated heterocycles. The Morgan fingerprint density at radius 2 is 2.06 bits per heavy atom. The summed E-state index contributed by atoms with van der Waals surface area (Å²) in [6.45, 7) is 0. The fourth-order valence-electron chi connectivity index (χ4n) is 2.12. The summed E-state index contributed by atoms with van der Waals surface area (Å²) in [5.74, 6) is -0.299. The highest BCUT2D eigenvalue weighted by Gasteiger charge is 2.21. The SMILES string of the molecule is NC1CCC(NC(=O)c2c[nH]ccc2=O)CC1. The largest absolute Gasteiger partial charge is 0.367 e. The van der Waals surface area contributed by atoms with E-state index in [2.05, 4.69) is 10.3 Å². The van der Waals surface area contributed by atoms with Gasteiger partial charge in [-0.3, -0.25) is 9.59 Å². The quantitative estimate of drug-likeness (QED) is 0.692. The van der Waals surface area contributed by atoms with Crippen molar-refractivity contribution >= 4 is 5.91 Å². The minimum Gasteiger partial charge on any atom is -0.367 e. The highest BCUT2D eigenvalue weighted by atomic mass is 16.2. The lowest BCUT2D eigenvalue weighted by Gasteiger charge is -2.26. The fraction of sp³-hybridized carbons (Fsp3) is 0.500. The van der Waals surface area contributed by atoms with Crippen molar-refractivity contribution in [2.75, 3.05) is 0 Å². The van der Waals surface area contributed by atoms with Crippen molar-refractivity contribution in [1.29, 1.82) is 0 Å². The first-order valence-electron chi connectivity index (χ1n) is 5.90. The summed E-state index contributed by atoms with van der Waals surface area (Å²) < 4.78 is 0. The number of carbonyl (C=O) groups excluding carboxylic acids is 1. The molecule has 0 aromatic carbocycles. The summed E-state index contributed by atoms with van der Waals surface area (Å²) in [7, 11) is 0. The van der Waals surface area contributed by atoms with E-state index in [4.69, 9.17) is 5.73 Å². The second-order valence-electron chi connectivity index (χ2n) is 4.51. The summed E-state index contributed by atoms with van der Waals surface area (Å²) in [6, 6.07) is 1.75. The Morgan fingerprint density at radius 3 is 2.71 bits per heavy atom. The number of rotatable bonds is 2. The topological polar surface area (TPSA) is 88.0 Å². The molecule has 1 aromatic rings. The molecule has 1 aromatic heterocycles. The van der Waals surface area contributed by atoms with Crippen LogP contribution in [0.3, 0.4) is 0 Å². The Morgan fingerprint density at radius 1 is 1.35 bits per heavy atom. The van der Waals surface area contributed by atoms with Gasteiger partial charge in [0.25, 0.3) is 5.91 Å². The third kappa shape index (κ3) is 2.94. The molecule has 5 heteroatoms. The van der Waals surface area contributed by atoms with Crippen LogP contribution in [0, 0.1) is 0 Å². The second-order valence-corrected chi connectivity index (χ2v) is 4.51. The summed E-state index contributed by atoms with van der Waals surface area (Å²) in [4.78, 5) is 26.1. The van der Waals surface area contributed by atoms with E-state index < -0.39 is 0 Å². The van der Waals surface area contributed by atoms with Gasteiger partial charge in [0.15, 0.2) is 5.43 Å². The van der Waals surface area contributed by atoms with Crippen LogP contribution in [0.2, 0.25) is 0 Å². The van der Waals surface area contributed by atoms with Gasteiger partial charge >= 0.3 is 0 Å². The standard InChI is InChI=1S/C12H17N3O2/c13-8-1-3-9(4-2-8)15-12(17)10-7-14-6-5-11(10)16/h5-9H,1-4,13H2,(H,14,16)(H,15,17). The third-order valence-electron chi connectivity index (χ3n) is 3.18. The first kappa shape index (κ1) is 11.9. The van der Waals surface area contributed by atoms with Crippen LogP contribution < -0.4 is 16.5 Å². The van der Waals surface area contributed by atoms with Gasteiger partial charge in [-0.1, -0.05) is 0 Å². The van der Waals surface area contributed by atoms with Crippen molar-refractivity contribution in [3.05, 3.63) is 34.2 Å². The number of aromatic nitrogens is 1. The smallest absolute Gasteiger partial charge is 0.256 e. The van der Waals surface area contributed by atoms with Gasteiger partial charge in [-0.2, -0.15) is 0 Å². The van der Waals surface area contributed by atoms with Crippen LogP contribution in [-0.4, -0.2) is 23.0 Å². The van der Waals surface area contributed by atoms with E-state index in [9.17, 15) is 9.59 Å². The lowest BCUT2D eigenvalue weighted by Crippen LogP contribution is -2.41. The minimum absolute atomic E-state index is 0.141. The van der Waals surface area contributed by atoms with Gasteiger partial charge in [-0.25, -0.2) is 0 Å². The zero-order valence-electron chi connectivity index (χ0n) is 9.61. The molecule has 5 nitrogen and oxygen atoms in total. The van der Waals surface area contributed by atoms with E-state index in [1.165, 1.54) is 18.5 Å². The van der Waals surface area contributed by atoms with Crippen LogP contribution in [0.15, 0.2) is 23.3 Å². The van der Waals surface area contributed by atoms with Crippen LogP contribution in [0.4, 0.5) is 0 Å². The van der Waals surface area contributed by atoms with Gasteiger partial charge in [-0.15, -0.1) is 0 Å². The lowest BCUT2D eigenvalue weighted by atomic mass is 9.91. The van der Waals surface area contributed by atoms with Crippen LogP contribution in [0.25, 0.3) is 0 Å². The van der Waals surface area contributed by atoms with Gasteiger partial charge in [0.1, 0.15) is 5.56 Å². The summed E-state index contributed by atoms with van der Waals surface area (Å²) in [5.41, 5.74) is 5.71. The average molecular weight is 235 g/mol. The highest BCUT2D eigenvalue weighted by molar-refractivity contribution is 5.93. The van der Waals surface area contributed by atoms with Crippen LogP contribution in [0.1, 0.15) is 36.0 Å². The maximum Gasteiger partial charge on any atom is 0.256 e. The first-order chi connectivity index (χ1) is 8.16. The second kappa shape index (κ2) is 5.14. The molecular weight excluding hydrogens is 218 g/mol. The molecule has 2 rings (SSSR count). The predicted octanol–water partition coefficient (Wildman–Crippen LogP) is 0.375. The molecule has 0 aliphatic heterocycles. The number of hydrogen-bond donors (Lipinski definition) is 3. The Bertz CT molecular complexity index is 447. The Hall–Kier alpha value is -1.62. The minimum atomic E-state index is -0.299. The van der Waals surface area contributed by atoms with Crippen LogP contribution in [0.5, 0.6) is 0 Å². The van der Waals surface area contributed by atoms with E-state index in [1.54, 1.807) is 0 Å². The number of aromatic amines is 1. The van der Waals surface area contributed by atoms with E-state index in [0.717, 1.165) is 25.7 Å². The number of nitrogens with one attached hydrogen (secondary N) is 2. The van der Waals surface area contributed by atoms with E-state index in [0.29, 0.717) is 0 Å². The number of amides is 1. The van der Waals surface area contributed by atoms with Gasteiger partial charge in [0, 0.05) is 30.5 Å². The molecule has 1 fully saturated rings. The molecule has 92 valence electrons. The number of H-pyrrole nitrogens is 1. The van der Waals surface area contributed by atoms with Crippen LogP contribution in [-0.2, 0) is 0 Å². The monoisotopic (exact) mass is 235 g/mol. The molecule has 0 atom stereocenters. The number of carbonyl (C=O) groups is 1. The van der Waals surface area contributed by atoms with Crippen molar-refractivity contribution in [3.63, 3.8) is 0 Å². The van der Waals surface area contributed by atoms with Gasteiger partial charge in [-0.05, 0) is 25.7 Å². The molecule has 4 N–H and O–H groups in total. The number of nitrogens with two attached hydrogens (primary N) is 1. The third-order valence-corrected chi connectivity index (χ3v) is 3.18. The Balaban J connectivity index is 1.98. The summed E-state index contributed by atoms with van der Waals surface area (Å²) >= 11 is 0. The highest BCUT2D eigenvalue weighted by Crippen LogP contribution is 2.17. The lowest BCUT2D eigenvalue weighted by molar-refractivity contribution is 0.0924. The van der Waals surface area contributed by atoms with Crippen LogP contribution >= 0.6 is 0 Å². The molecule has 1 amide bonds. The Labute approximate surface area is 99.4 Å². The molecule has 17 heavy (non-hydrogen) atoms. The molecule has 0 unspecified atom stereocenters. The number of hydrogen-bond acceptors (Lipinski definition) is 3. The molecule has 0 bridgehead atoms. The van der Waals surface area contributed by atoms with Crippen molar-refractivity contribution < 1.29 is 4.79 Å². The molecule has 1 heterocycles. The van der Waals surface area contributed by atoms with E-state index in [-0.39, 0.29) is 29.0 Å². The Kier molecular flexibility index (Phi) is 3.58. The van der Waals surface area contributed by atoms with Gasteiger partial charge in [0.05, 0.1) is 0 Å². The van der Waals surface area contributed by atoms with E-state index >= 15 is 0 Å². The van der Waals surface area contributed by atoms with Crippen molar-refractivity contribution in [3.8, 4) is 0 Å². The zero-order chi connectivity index (χ0) is 12.3. The normalized spacial score (nSPS) is 24.3. The molecule has 0 spiro atoms. The molecule has 0 radical (unpaired) electrons. The maximum atomic E-state index is 11.9. The van der Waals surface area contributed by atoms with Gasteiger partial charge in [0.2, 0.25) is 0 Å². The molecule has 1 saturated carbocycles. The summed E-state index contributed by atoms with van der Waals surface area (Å²) in [5, 5.41) is 2.88. The van der Waals surface area contributed by atoms with Crippen molar-refractivity contribution in [1.82, 2.24) is 10.3 Å². The van der Waals surface area contributed by atoms with Crippen molar-refractivity contribution in [2.45, 2.75) is 37.8 Å². The predicted molar refractivity (Wildman–Crippen MR) is 64.8 cm³/mol. The van der Waals surface area contributed by atoms with Gasteiger partial charge < -0.3 is 16.0 Å². The van der Waals surface area contributed by atoms with E-state index in [1.807, 2.05) is 0 Å². The molecular formula is C12H17N3O2. The number of pyridine rings is 1.